The molecule has 0 aromatic rings. The van der Waals surface area contributed by atoms with Crippen molar-refractivity contribution in [3.63, 3.8) is 0 Å². The molecular weight excluding hydrogens is 208 g/mol. The van der Waals surface area contributed by atoms with Crippen molar-refractivity contribution in [2.45, 2.75) is 0 Å². The van der Waals surface area contributed by atoms with Gasteiger partial charge >= 0.3 is 0 Å². The maximum absolute atomic E-state index is 12.1. The third kappa shape index (κ3) is 3.32. The minimum Gasteiger partial charge on any atom is -0.394 e. The van der Waals surface area contributed by atoms with Crippen LogP contribution in [0.25, 0.3) is 0 Å². The van der Waals surface area contributed by atoms with Gasteiger partial charge in [-0.1, -0.05) is 13.2 Å². The third-order valence-electron chi connectivity index (χ3n) is 1.41. The Hall–Kier alpha value is -0.530. The standard InChI is InChI=1S/C8H16O5S/c1-3-14(11,4-2,12-7-5-9)13-8-6-10/h3-4,9-10H,1-2,5-8H2. The molecule has 0 amide bonds. The van der Waals surface area contributed by atoms with Gasteiger partial charge in [-0.15, -0.1) is 0 Å². The summed E-state index contributed by atoms with van der Waals surface area (Å²) in [6, 6.07) is 0. The Balaban J connectivity index is 4.71. The second kappa shape index (κ2) is 5.38. The van der Waals surface area contributed by atoms with Gasteiger partial charge < -0.3 is 10.2 Å². The summed E-state index contributed by atoms with van der Waals surface area (Å²) in [7, 11) is -4.04. The molecule has 0 aliphatic carbocycles. The average molecular weight is 224 g/mol. The number of aliphatic hydroxyl groups is 2. The van der Waals surface area contributed by atoms with Gasteiger partial charge in [-0.25, -0.2) is 4.21 Å². The van der Waals surface area contributed by atoms with Gasteiger partial charge in [-0.05, 0) is 0 Å². The Kier molecular flexibility index (Phi) is 5.17. The smallest absolute Gasteiger partial charge is 0.126 e. The molecule has 0 atom stereocenters. The van der Waals surface area contributed by atoms with E-state index in [1.807, 2.05) is 0 Å². The van der Waals surface area contributed by atoms with Crippen LogP contribution in [0.1, 0.15) is 0 Å². The van der Waals surface area contributed by atoms with E-state index in [2.05, 4.69) is 13.2 Å². The second-order valence-electron chi connectivity index (χ2n) is 2.34. The third-order valence-corrected chi connectivity index (χ3v) is 3.88. The van der Waals surface area contributed by atoms with Crippen molar-refractivity contribution in [2.75, 3.05) is 26.4 Å². The van der Waals surface area contributed by atoms with Crippen LogP contribution in [0.15, 0.2) is 24.0 Å². The Morgan fingerprint density at radius 2 is 1.43 bits per heavy atom. The summed E-state index contributed by atoms with van der Waals surface area (Å²) in [6.07, 6.45) is 0. The van der Waals surface area contributed by atoms with E-state index < -0.39 is 9.63 Å². The van der Waals surface area contributed by atoms with Crippen LogP contribution < -0.4 is 0 Å². The molecule has 5 nitrogen and oxygen atoms in total. The zero-order valence-electron chi connectivity index (χ0n) is 7.92. The van der Waals surface area contributed by atoms with E-state index in [1.54, 1.807) is 0 Å². The first-order valence-corrected chi connectivity index (χ1v) is 5.94. The van der Waals surface area contributed by atoms with Gasteiger partial charge in [0.2, 0.25) is 0 Å². The maximum Gasteiger partial charge on any atom is 0.126 e. The normalized spacial score (nSPS) is 14.3. The topological polar surface area (TPSA) is 76.0 Å². The van der Waals surface area contributed by atoms with E-state index in [1.165, 1.54) is 0 Å². The molecule has 6 heteroatoms. The molecule has 14 heavy (non-hydrogen) atoms. The van der Waals surface area contributed by atoms with Crippen molar-refractivity contribution in [3.8, 4) is 0 Å². The predicted octanol–water partition coefficient (Wildman–Crippen LogP) is -0.0587. The van der Waals surface area contributed by atoms with Crippen molar-refractivity contribution in [2.24, 2.45) is 0 Å². The highest BCUT2D eigenvalue weighted by Crippen LogP contribution is 2.31. The van der Waals surface area contributed by atoms with Crippen LogP contribution in [-0.4, -0.2) is 40.8 Å². The lowest BCUT2D eigenvalue weighted by atomic mass is 10.8. The highest BCUT2D eigenvalue weighted by Gasteiger charge is 2.31. The van der Waals surface area contributed by atoms with Gasteiger partial charge in [0.05, 0.1) is 26.4 Å². The SMILES string of the molecule is C=CS(=O)(C=C)(OCCO)OCCO. The maximum atomic E-state index is 12.1. The van der Waals surface area contributed by atoms with Gasteiger partial charge in [0, 0.05) is 10.8 Å². The first kappa shape index (κ1) is 13.5. The lowest BCUT2D eigenvalue weighted by Crippen LogP contribution is -2.35. The highest BCUT2D eigenvalue weighted by atomic mass is 32.3. The van der Waals surface area contributed by atoms with Gasteiger partial charge in [0.15, 0.2) is 0 Å². The van der Waals surface area contributed by atoms with Crippen LogP contribution in [0.2, 0.25) is 0 Å². The first-order chi connectivity index (χ1) is 6.54. The molecule has 0 saturated carbocycles. The quantitative estimate of drug-likeness (QED) is 0.604. The molecule has 0 radical (unpaired) electrons. The summed E-state index contributed by atoms with van der Waals surface area (Å²) in [5.41, 5.74) is 0. The number of hydrogen-bond donors (Lipinski definition) is 2. The van der Waals surface area contributed by atoms with Crippen LogP contribution >= 0.6 is 0 Å². The summed E-state index contributed by atoms with van der Waals surface area (Å²) in [4.78, 5) is 0. The fourth-order valence-electron chi connectivity index (χ4n) is 0.698. The van der Waals surface area contributed by atoms with E-state index in [9.17, 15) is 4.21 Å². The van der Waals surface area contributed by atoms with Gasteiger partial charge in [0.25, 0.3) is 0 Å². The Morgan fingerprint density at radius 3 is 1.64 bits per heavy atom. The van der Waals surface area contributed by atoms with Gasteiger partial charge in [-0.2, -0.15) is 0 Å². The highest BCUT2D eigenvalue weighted by molar-refractivity contribution is 8.16. The lowest BCUT2D eigenvalue weighted by Gasteiger charge is -2.34. The van der Waals surface area contributed by atoms with Crippen molar-refractivity contribution >= 4 is 9.63 Å². The van der Waals surface area contributed by atoms with E-state index >= 15 is 0 Å². The largest absolute Gasteiger partial charge is 0.394 e. The Bertz CT molecular complexity index is 234. The van der Waals surface area contributed by atoms with E-state index in [4.69, 9.17) is 18.6 Å². The van der Waals surface area contributed by atoms with Gasteiger partial charge in [-0.3, -0.25) is 8.37 Å². The van der Waals surface area contributed by atoms with Crippen molar-refractivity contribution in [3.05, 3.63) is 24.0 Å². The number of hydrogen-bond acceptors (Lipinski definition) is 5. The fraction of sp³-hybridized carbons (Fsp3) is 0.500. The summed E-state index contributed by atoms with van der Waals surface area (Å²) >= 11 is 0. The molecule has 0 spiro atoms. The molecule has 0 heterocycles. The monoisotopic (exact) mass is 224 g/mol. The molecule has 0 bridgehead atoms. The first-order valence-electron chi connectivity index (χ1n) is 4.00. The lowest BCUT2D eigenvalue weighted by molar-refractivity contribution is 0.153. The van der Waals surface area contributed by atoms with Crippen molar-refractivity contribution in [1.82, 2.24) is 0 Å². The Morgan fingerprint density at radius 1 is 1.07 bits per heavy atom. The molecule has 0 aliphatic rings. The van der Waals surface area contributed by atoms with E-state index in [0.717, 1.165) is 10.8 Å². The van der Waals surface area contributed by atoms with Crippen LogP contribution in [0.3, 0.4) is 0 Å². The molecular formula is C8H16O5S. The van der Waals surface area contributed by atoms with E-state index in [0.29, 0.717) is 0 Å². The van der Waals surface area contributed by atoms with Gasteiger partial charge in [0.1, 0.15) is 9.63 Å². The van der Waals surface area contributed by atoms with Crippen LogP contribution in [-0.2, 0) is 18.0 Å². The molecule has 84 valence electrons. The molecule has 0 unspecified atom stereocenters. The van der Waals surface area contributed by atoms with Crippen LogP contribution in [0, 0.1) is 0 Å². The molecule has 0 rings (SSSR count). The number of rotatable bonds is 8. The zero-order valence-corrected chi connectivity index (χ0v) is 8.74. The molecule has 0 aromatic carbocycles. The van der Waals surface area contributed by atoms with Crippen LogP contribution in [0.4, 0.5) is 0 Å². The second-order valence-corrected chi connectivity index (χ2v) is 5.32. The fourth-order valence-corrected chi connectivity index (χ4v) is 2.09. The Labute approximate surface area is 83.5 Å². The molecule has 2 N–H and O–H groups in total. The summed E-state index contributed by atoms with van der Waals surface area (Å²) in [5.74, 6) is 0. The van der Waals surface area contributed by atoms with Crippen molar-refractivity contribution in [1.29, 1.82) is 0 Å². The average Bonchev–Trinajstić information content (AvgIpc) is 2.24. The molecule has 0 saturated heterocycles. The van der Waals surface area contributed by atoms with E-state index in [-0.39, 0.29) is 26.4 Å². The van der Waals surface area contributed by atoms with Crippen molar-refractivity contribution < 1.29 is 22.8 Å². The zero-order chi connectivity index (χ0) is 11.1. The number of aliphatic hydroxyl groups excluding tert-OH is 2. The minimum atomic E-state index is -4.04. The molecule has 0 fully saturated rings. The summed E-state index contributed by atoms with van der Waals surface area (Å²) in [5, 5.41) is 19.1. The predicted molar refractivity (Wildman–Crippen MR) is 54.6 cm³/mol. The molecule has 0 aromatic heterocycles. The van der Waals surface area contributed by atoms with Crippen LogP contribution in [0.5, 0.6) is 0 Å². The summed E-state index contributed by atoms with van der Waals surface area (Å²) in [6.45, 7) is 5.76. The molecule has 0 aliphatic heterocycles. The minimum absolute atomic E-state index is 0.158. The summed E-state index contributed by atoms with van der Waals surface area (Å²) < 4.78 is 21.9.